The van der Waals surface area contributed by atoms with Crippen LogP contribution in [-0.4, -0.2) is 5.97 Å². The lowest BCUT2D eigenvalue weighted by atomic mass is 9.51. The number of rotatable bonds is 4. The molecule has 0 atom stereocenters. The normalized spacial score (nSPS) is 26.7. The molecule has 0 bridgehead atoms. The molecule has 0 heterocycles. The van der Waals surface area contributed by atoms with Crippen molar-refractivity contribution in [2.24, 2.45) is 10.8 Å². The Balaban J connectivity index is 2.32. The summed E-state index contributed by atoms with van der Waals surface area (Å²) < 4.78 is 0. The SMILES string of the molecule is CCCC1(C2(C(=O)[O-])CCCCC2)CCCCC1. The van der Waals surface area contributed by atoms with Crippen LogP contribution >= 0.6 is 0 Å². The van der Waals surface area contributed by atoms with Gasteiger partial charge in [0.25, 0.3) is 0 Å². The number of carboxylic acid groups (broad SMARTS) is 1. The number of hydrogen-bond acceptors (Lipinski definition) is 2. The summed E-state index contributed by atoms with van der Waals surface area (Å²) in [6.45, 7) is 2.20. The molecule has 0 spiro atoms. The van der Waals surface area contributed by atoms with Crippen LogP contribution in [0.5, 0.6) is 0 Å². The Morgan fingerprint density at radius 3 is 1.89 bits per heavy atom. The maximum atomic E-state index is 11.9. The van der Waals surface area contributed by atoms with Crippen molar-refractivity contribution >= 4 is 5.97 Å². The minimum atomic E-state index is -0.738. The Hall–Kier alpha value is -0.530. The molecule has 18 heavy (non-hydrogen) atoms. The van der Waals surface area contributed by atoms with Crippen molar-refractivity contribution in [1.29, 1.82) is 0 Å². The van der Waals surface area contributed by atoms with Gasteiger partial charge in [-0.1, -0.05) is 51.9 Å². The minimum absolute atomic E-state index is 0.0548. The van der Waals surface area contributed by atoms with Crippen molar-refractivity contribution in [2.45, 2.75) is 84.0 Å². The van der Waals surface area contributed by atoms with Gasteiger partial charge in [0.2, 0.25) is 0 Å². The third-order valence-electron chi connectivity index (χ3n) is 5.65. The van der Waals surface area contributed by atoms with Crippen LogP contribution in [-0.2, 0) is 4.79 Å². The quantitative estimate of drug-likeness (QED) is 0.768. The molecule has 0 aromatic carbocycles. The average Bonchev–Trinajstić information content (AvgIpc) is 2.40. The van der Waals surface area contributed by atoms with E-state index in [1.54, 1.807) is 0 Å². The summed E-state index contributed by atoms with van der Waals surface area (Å²) in [6, 6.07) is 0. The van der Waals surface area contributed by atoms with Crippen LogP contribution in [0.2, 0.25) is 0 Å². The standard InChI is InChI=1S/C16H28O2/c1-2-9-15(10-5-3-6-11-15)16(14(17)18)12-7-4-8-13-16/h2-13H2,1H3,(H,17,18)/p-1. The lowest BCUT2D eigenvalue weighted by Crippen LogP contribution is -2.55. The lowest BCUT2D eigenvalue weighted by Gasteiger charge is -2.55. The smallest absolute Gasteiger partial charge is 0.0481 e. The molecule has 0 saturated heterocycles. The van der Waals surface area contributed by atoms with E-state index in [9.17, 15) is 9.90 Å². The maximum Gasteiger partial charge on any atom is 0.0481 e. The van der Waals surface area contributed by atoms with E-state index in [1.807, 2.05) is 0 Å². The van der Waals surface area contributed by atoms with E-state index in [2.05, 4.69) is 6.92 Å². The van der Waals surface area contributed by atoms with E-state index in [0.29, 0.717) is 0 Å². The maximum absolute atomic E-state index is 11.9. The summed E-state index contributed by atoms with van der Waals surface area (Å²) in [5.41, 5.74) is -0.444. The molecule has 2 heteroatoms. The highest BCUT2D eigenvalue weighted by Gasteiger charge is 2.51. The molecule has 2 nitrogen and oxygen atoms in total. The molecule has 0 aliphatic heterocycles. The zero-order valence-corrected chi connectivity index (χ0v) is 11.8. The fourth-order valence-corrected chi connectivity index (χ4v) is 4.78. The average molecular weight is 251 g/mol. The van der Waals surface area contributed by atoms with Crippen LogP contribution in [0.3, 0.4) is 0 Å². The Kier molecular flexibility index (Phi) is 4.34. The van der Waals surface area contributed by atoms with Crippen LogP contribution < -0.4 is 5.11 Å². The first-order valence-corrected chi connectivity index (χ1v) is 7.88. The van der Waals surface area contributed by atoms with Gasteiger partial charge < -0.3 is 9.90 Å². The van der Waals surface area contributed by atoms with Gasteiger partial charge in [0.1, 0.15) is 0 Å². The number of hydrogen-bond donors (Lipinski definition) is 0. The van der Waals surface area contributed by atoms with E-state index < -0.39 is 11.4 Å². The zero-order valence-electron chi connectivity index (χ0n) is 11.8. The van der Waals surface area contributed by atoms with Crippen molar-refractivity contribution < 1.29 is 9.90 Å². The predicted molar refractivity (Wildman–Crippen MR) is 71.0 cm³/mol. The van der Waals surface area contributed by atoms with Gasteiger partial charge in [-0.15, -0.1) is 0 Å². The second kappa shape index (κ2) is 5.63. The molecule has 0 unspecified atom stereocenters. The molecule has 0 N–H and O–H groups in total. The topological polar surface area (TPSA) is 40.1 Å². The van der Waals surface area contributed by atoms with Gasteiger partial charge in [0, 0.05) is 11.4 Å². The fraction of sp³-hybridized carbons (Fsp3) is 0.938. The molecule has 0 amide bonds. The molecule has 2 saturated carbocycles. The molecular weight excluding hydrogens is 224 g/mol. The summed E-state index contributed by atoms with van der Waals surface area (Å²) in [5, 5.41) is 11.9. The second-order valence-electron chi connectivity index (χ2n) is 6.52. The molecule has 2 rings (SSSR count). The number of carbonyl (C=O) groups excluding carboxylic acids is 1. The van der Waals surface area contributed by atoms with E-state index in [0.717, 1.165) is 51.4 Å². The third-order valence-corrected chi connectivity index (χ3v) is 5.65. The van der Waals surface area contributed by atoms with Crippen molar-refractivity contribution in [1.82, 2.24) is 0 Å². The predicted octanol–water partition coefficient (Wildman–Crippen LogP) is 3.44. The van der Waals surface area contributed by atoms with Crippen LogP contribution in [0.4, 0.5) is 0 Å². The molecule has 0 aromatic rings. The highest BCUT2D eigenvalue weighted by molar-refractivity contribution is 5.74. The van der Waals surface area contributed by atoms with Crippen molar-refractivity contribution in [3.63, 3.8) is 0 Å². The summed E-state index contributed by atoms with van der Waals surface area (Å²) in [7, 11) is 0. The second-order valence-corrected chi connectivity index (χ2v) is 6.52. The van der Waals surface area contributed by atoms with Gasteiger partial charge in [-0.25, -0.2) is 0 Å². The number of carboxylic acids is 1. The molecule has 0 radical (unpaired) electrons. The van der Waals surface area contributed by atoms with Crippen molar-refractivity contribution in [2.75, 3.05) is 0 Å². The molecule has 2 fully saturated rings. The summed E-state index contributed by atoms with van der Waals surface area (Å²) in [6.07, 6.45) is 13.3. The van der Waals surface area contributed by atoms with E-state index in [4.69, 9.17) is 0 Å². The number of carbonyl (C=O) groups is 1. The Morgan fingerprint density at radius 2 is 1.44 bits per heavy atom. The third kappa shape index (κ3) is 2.19. The fourth-order valence-electron chi connectivity index (χ4n) is 4.78. The highest BCUT2D eigenvalue weighted by Crippen LogP contribution is 2.58. The van der Waals surface area contributed by atoms with E-state index >= 15 is 0 Å². The summed E-state index contributed by atoms with van der Waals surface area (Å²) in [4.78, 5) is 11.9. The van der Waals surface area contributed by atoms with E-state index in [-0.39, 0.29) is 5.41 Å². The monoisotopic (exact) mass is 251 g/mol. The highest BCUT2D eigenvalue weighted by atomic mass is 16.4. The van der Waals surface area contributed by atoms with Crippen LogP contribution in [0.1, 0.15) is 84.0 Å². The molecule has 104 valence electrons. The van der Waals surface area contributed by atoms with Gasteiger partial charge in [-0.05, 0) is 37.5 Å². The summed E-state index contributed by atoms with van der Waals surface area (Å²) >= 11 is 0. The number of aliphatic carboxylic acids is 1. The van der Waals surface area contributed by atoms with Crippen molar-refractivity contribution in [3.8, 4) is 0 Å². The van der Waals surface area contributed by atoms with Gasteiger partial charge in [-0.3, -0.25) is 0 Å². The van der Waals surface area contributed by atoms with Gasteiger partial charge in [-0.2, -0.15) is 0 Å². The minimum Gasteiger partial charge on any atom is -0.550 e. The first kappa shape index (κ1) is 13.9. The Morgan fingerprint density at radius 1 is 0.944 bits per heavy atom. The molecule has 0 aromatic heterocycles. The van der Waals surface area contributed by atoms with Crippen LogP contribution in [0.25, 0.3) is 0 Å². The first-order chi connectivity index (χ1) is 8.67. The van der Waals surface area contributed by atoms with E-state index in [1.165, 1.54) is 25.7 Å². The van der Waals surface area contributed by atoms with Gasteiger partial charge in [0.05, 0.1) is 0 Å². The Labute approximate surface area is 111 Å². The van der Waals surface area contributed by atoms with Crippen LogP contribution in [0.15, 0.2) is 0 Å². The Bertz CT molecular complexity index is 278. The molecular formula is C16H27O2-. The van der Waals surface area contributed by atoms with Crippen molar-refractivity contribution in [3.05, 3.63) is 0 Å². The summed E-state index contributed by atoms with van der Waals surface area (Å²) in [5.74, 6) is -0.738. The molecule has 2 aliphatic rings. The van der Waals surface area contributed by atoms with Crippen LogP contribution in [0, 0.1) is 10.8 Å². The lowest BCUT2D eigenvalue weighted by molar-refractivity contribution is -0.329. The first-order valence-electron chi connectivity index (χ1n) is 7.88. The van der Waals surface area contributed by atoms with Gasteiger partial charge >= 0.3 is 0 Å². The van der Waals surface area contributed by atoms with Gasteiger partial charge in [0.15, 0.2) is 0 Å². The zero-order chi connectivity index (χ0) is 13.1. The largest absolute Gasteiger partial charge is 0.550 e. The molecule has 2 aliphatic carbocycles.